The summed E-state index contributed by atoms with van der Waals surface area (Å²) in [4.78, 5) is 23.4. The van der Waals surface area contributed by atoms with Gasteiger partial charge in [-0.05, 0) is 23.8 Å². The Kier molecular flexibility index (Phi) is 5.05. The molecule has 0 bridgehead atoms. The average molecular weight is 309 g/mol. The molecule has 8 heteroatoms. The van der Waals surface area contributed by atoms with Gasteiger partial charge in [-0.15, -0.1) is 0 Å². The number of fused-ring (bicyclic) bond motifs is 1. The standard InChI is InChI=1S/C14H19N3O5/c1-17-12-3-2-10(6-9(12)4-5-22-14(17)21)15-7-11(18)8-16-13(19)20/h2-3,6,11,15-16,18H,4-5,7-8H2,1H3,(H,19,20)/t11-/m0/s1. The van der Waals surface area contributed by atoms with Crippen LogP contribution in [-0.2, 0) is 11.2 Å². The Morgan fingerprint density at radius 3 is 2.95 bits per heavy atom. The first-order valence-electron chi connectivity index (χ1n) is 6.89. The van der Waals surface area contributed by atoms with Crippen molar-refractivity contribution in [2.75, 3.05) is 37.0 Å². The summed E-state index contributed by atoms with van der Waals surface area (Å²) >= 11 is 0. The molecule has 8 nitrogen and oxygen atoms in total. The van der Waals surface area contributed by atoms with Gasteiger partial charge in [0.25, 0.3) is 0 Å². The first-order chi connectivity index (χ1) is 10.5. The highest BCUT2D eigenvalue weighted by atomic mass is 16.6. The maximum atomic E-state index is 11.6. The van der Waals surface area contributed by atoms with Crippen molar-refractivity contribution in [3.63, 3.8) is 0 Å². The lowest BCUT2D eigenvalue weighted by atomic mass is 10.1. The Labute approximate surface area is 127 Å². The molecule has 2 rings (SSSR count). The van der Waals surface area contributed by atoms with E-state index < -0.39 is 12.2 Å². The smallest absolute Gasteiger partial charge is 0.414 e. The second kappa shape index (κ2) is 6.99. The monoisotopic (exact) mass is 309 g/mol. The topological polar surface area (TPSA) is 111 Å². The minimum atomic E-state index is -1.17. The van der Waals surface area contributed by atoms with Gasteiger partial charge in [-0.1, -0.05) is 0 Å². The van der Waals surface area contributed by atoms with Crippen molar-refractivity contribution in [3.05, 3.63) is 23.8 Å². The molecule has 1 aliphatic rings. The number of carbonyl (C=O) groups excluding carboxylic acids is 1. The maximum Gasteiger partial charge on any atom is 0.414 e. The third kappa shape index (κ3) is 4.01. The fraction of sp³-hybridized carbons (Fsp3) is 0.429. The summed E-state index contributed by atoms with van der Waals surface area (Å²) in [6.07, 6.45) is -1.77. The van der Waals surface area contributed by atoms with Crippen LogP contribution in [0.25, 0.3) is 0 Å². The SMILES string of the molecule is CN1C(=O)OCCc2cc(NC[C@H](O)CNC(=O)O)ccc21. The summed E-state index contributed by atoms with van der Waals surface area (Å²) in [5, 5.41) is 23.3. The molecule has 2 amide bonds. The first-order valence-corrected chi connectivity index (χ1v) is 6.89. The lowest BCUT2D eigenvalue weighted by molar-refractivity contribution is 0.159. The summed E-state index contributed by atoms with van der Waals surface area (Å²) in [6, 6.07) is 5.50. The van der Waals surface area contributed by atoms with Gasteiger partial charge in [-0.25, -0.2) is 9.59 Å². The van der Waals surface area contributed by atoms with Crippen LogP contribution in [0.2, 0.25) is 0 Å². The van der Waals surface area contributed by atoms with Crippen LogP contribution in [0.5, 0.6) is 0 Å². The number of carboxylic acid groups (broad SMARTS) is 1. The molecule has 1 atom stereocenters. The summed E-state index contributed by atoms with van der Waals surface area (Å²) < 4.78 is 5.05. The van der Waals surface area contributed by atoms with Crippen molar-refractivity contribution >= 4 is 23.6 Å². The van der Waals surface area contributed by atoms with Gasteiger partial charge in [0.05, 0.1) is 18.4 Å². The van der Waals surface area contributed by atoms with E-state index in [1.54, 1.807) is 13.1 Å². The number of cyclic esters (lactones) is 1. The summed E-state index contributed by atoms with van der Waals surface area (Å²) in [5.41, 5.74) is 2.55. The molecule has 0 saturated carbocycles. The molecule has 0 radical (unpaired) electrons. The number of nitrogens with one attached hydrogen (secondary N) is 2. The molecule has 1 aromatic rings. The van der Waals surface area contributed by atoms with Gasteiger partial charge < -0.3 is 25.6 Å². The number of hydrogen-bond donors (Lipinski definition) is 4. The highest BCUT2D eigenvalue weighted by molar-refractivity contribution is 5.89. The van der Waals surface area contributed by atoms with Crippen LogP contribution < -0.4 is 15.5 Å². The van der Waals surface area contributed by atoms with Gasteiger partial charge >= 0.3 is 12.2 Å². The molecular formula is C14H19N3O5. The Bertz CT molecular complexity index is 563. The molecule has 0 aliphatic carbocycles. The van der Waals surface area contributed by atoms with E-state index in [2.05, 4.69) is 10.6 Å². The van der Waals surface area contributed by atoms with Crippen LogP contribution in [0.4, 0.5) is 21.0 Å². The molecule has 1 heterocycles. The van der Waals surface area contributed by atoms with E-state index in [-0.39, 0.29) is 19.2 Å². The molecule has 0 spiro atoms. The Hall–Kier alpha value is -2.48. The van der Waals surface area contributed by atoms with E-state index in [1.165, 1.54) is 4.90 Å². The molecule has 0 fully saturated rings. The molecule has 1 aromatic carbocycles. The Morgan fingerprint density at radius 2 is 2.23 bits per heavy atom. The molecule has 0 unspecified atom stereocenters. The Balaban J connectivity index is 1.98. The van der Waals surface area contributed by atoms with Gasteiger partial charge in [-0.2, -0.15) is 0 Å². The van der Waals surface area contributed by atoms with Crippen LogP contribution in [0, 0.1) is 0 Å². The zero-order valence-corrected chi connectivity index (χ0v) is 12.2. The number of hydrogen-bond acceptors (Lipinski definition) is 5. The summed E-state index contributed by atoms with van der Waals surface area (Å²) in [6.45, 7) is 0.494. The van der Waals surface area contributed by atoms with Crippen molar-refractivity contribution in [2.45, 2.75) is 12.5 Å². The summed E-state index contributed by atoms with van der Waals surface area (Å²) in [7, 11) is 1.65. The molecule has 0 saturated heterocycles. The Morgan fingerprint density at radius 1 is 1.45 bits per heavy atom. The predicted molar refractivity (Wildman–Crippen MR) is 80.4 cm³/mol. The number of carbonyl (C=O) groups is 2. The number of rotatable bonds is 5. The van der Waals surface area contributed by atoms with Crippen molar-refractivity contribution in [1.29, 1.82) is 0 Å². The largest absolute Gasteiger partial charge is 0.465 e. The van der Waals surface area contributed by atoms with Crippen LogP contribution in [0.15, 0.2) is 18.2 Å². The van der Waals surface area contributed by atoms with Crippen molar-refractivity contribution in [1.82, 2.24) is 5.32 Å². The zero-order valence-electron chi connectivity index (χ0n) is 12.2. The van der Waals surface area contributed by atoms with Crippen LogP contribution >= 0.6 is 0 Å². The molecule has 22 heavy (non-hydrogen) atoms. The predicted octanol–water partition coefficient (Wildman–Crippen LogP) is 0.856. The second-order valence-electron chi connectivity index (χ2n) is 4.99. The van der Waals surface area contributed by atoms with Gasteiger partial charge in [-0.3, -0.25) is 4.90 Å². The van der Waals surface area contributed by atoms with Gasteiger partial charge in [0.2, 0.25) is 0 Å². The van der Waals surface area contributed by atoms with Crippen LogP contribution in [0.3, 0.4) is 0 Å². The number of nitrogens with zero attached hydrogens (tertiary/aromatic N) is 1. The summed E-state index contributed by atoms with van der Waals surface area (Å²) in [5.74, 6) is 0. The van der Waals surface area contributed by atoms with E-state index in [0.717, 1.165) is 16.9 Å². The molecule has 4 N–H and O–H groups in total. The minimum absolute atomic E-state index is 0.0433. The fourth-order valence-corrected chi connectivity index (χ4v) is 2.18. The number of benzene rings is 1. The third-order valence-corrected chi connectivity index (χ3v) is 3.34. The lowest BCUT2D eigenvalue weighted by Gasteiger charge is -2.18. The van der Waals surface area contributed by atoms with Crippen LogP contribution in [-0.4, -0.2) is 55.2 Å². The van der Waals surface area contributed by atoms with Gasteiger partial charge in [0.15, 0.2) is 0 Å². The van der Waals surface area contributed by atoms with E-state index in [9.17, 15) is 14.7 Å². The minimum Gasteiger partial charge on any atom is -0.465 e. The quantitative estimate of drug-likeness (QED) is 0.642. The van der Waals surface area contributed by atoms with E-state index in [4.69, 9.17) is 9.84 Å². The van der Waals surface area contributed by atoms with E-state index in [0.29, 0.717) is 13.0 Å². The highest BCUT2D eigenvalue weighted by Gasteiger charge is 2.20. The normalized spacial score (nSPS) is 15.4. The van der Waals surface area contributed by atoms with Crippen LogP contribution in [0.1, 0.15) is 5.56 Å². The molecular weight excluding hydrogens is 290 g/mol. The number of amides is 2. The molecule has 0 aromatic heterocycles. The zero-order chi connectivity index (χ0) is 16.1. The van der Waals surface area contributed by atoms with Crippen molar-refractivity contribution in [3.8, 4) is 0 Å². The van der Waals surface area contributed by atoms with Gasteiger partial charge in [0, 0.05) is 32.2 Å². The number of aliphatic hydroxyl groups excluding tert-OH is 1. The van der Waals surface area contributed by atoms with Gasteiger partial charge in [0.1, 0.15) is 0 Å². The molecule has 1 aliphatic heterocycles. The number of ether oxygens (including phenoxy) is 1. The van der Waals surface area contributed by atoms with E-state index in [1.807, 2.05) is 12.1 Å². The maximum absolute atomic E-state index is 11.6. The first kappa shape index (κ1) is 15.9. The average Bonchev–Trinajstić information content (AvgIpc) is 2.63. The number of aliphatic hydroxyl groups is 1. The van der Waals surface area contributed by atoms with Crippen molar-refractivity contribution < 1.29 is 24.5 Å². The highest BCUT2D eigenvalue weighted by Crippen LogP contribution is 2.26. The second-order valence-corrected chi connectivity index (χ2v) is 4.99. The fourth-order valence-electron chi connectivity index (χ4n) is 2.18. The lowest BCUT2D eigenvalue weighted by Crippen LogP contribution is -2.34. The van der Waals surface area contributed by atoms with E-state index >= 15 is 0 Å². The van der Waals surface area contributed by atoms with Crippen molar-refractivity contribution in [2.24, 2.45) is 0 Å². The third-order valence-electron chi connectivity index (χ3n) is 3.34. The number of anilines is 2. The molecule has 120 valence electrons.